The molecule has 58 heavy (non-hydrogen) atoms. The van der Waals surface area contributed by atoms with Crippen LogP contribution in [0.25, 0.3) is 11.5 Å². The number of aromatic nitrogens is 6. The minimum Gasteiger partial charge on any atom is -0.870 e. The van der Waals surface area contributed by atoms with E-state index < -0.39 is 17.6 Å². The number of aryl methyl sites for hydroxylation is 2. The van der Waals surface area contributed by atoms with Crippen molar-refractivity contribution in [2.24, 2.45) is 4.99 Å². The van der Waals surface area contributed by atoms with Crippen LogP contribution in [0.15, 0.2) is 60.0 Å². The number of hydroxylamine groups is 1. The molecule has 0 bridgehead atoms. The Bertz CT molecular complexity index is 2250. The molecule has 3 heterocycles. The number of carbonyl (C=O) groups is 2. The van der Waals surface area contributed by atoms with Crippen molar-refractivity contribution in [2.75, 3.05) is 50.0 Å². The van der Waals surface area contributed by atoms with Gasteiger partial charge in [-0.2, -0.15) is 0 Å². The maximum Gasteiger partial charge on any atom is 1.00 e. The van der Waals surface area contributed by atoms with Crippen LogP contribution >= 0.6 is 0 Å². The van der Waals surface area contributed by atoms with Gasteiger partial charge in [-0.1, -0.05) is 17.3 Å². The van der Waals surface area contributed by atoms with Crippen LogP contribution in [-0.4, -0.2) is 108 Å². The van der Waals surface area contributed by atoms with E-state index in [2.05, 4.69) is 56.7 Å². The van der Waals surface area contributed by atoms with E-state index >= 15 is 0 Å². The molecule has 9 N–H and O–H groups in total. The maximum atomic E-state index is 13.8. The monoisotopic (exact) mass is 822 g/mol. The molecule has 2 amide bonds. The van der Waals surface area contributed by atoms with Gasteiger partial charge in [-0.15, -0.1) is 0 Å². The van der Waals surface area contributed by atoms with Gasteiger partial charge in [-0.3, -0.25) is 29.8 Å². The van der Waals surface area contributed by atoms with Crippen molar-refractivity contribution < 1.29 is 82.6 Å². The number of amidine groups is 1. The summed E-state index contributed by atoms with van der Waals surface area (Å²) in [7, 11) is 0. The third kappa shape index (κ3) is 10.6. The molecule has 0 spiro atoms. The number of fused-ring (bicyclic) bond motifs is 2. The average molecular weight is 823 g/mol. The number of nitrogens with one attached hydrogen (secondary N) is 5. The second kappa shape index (κ2) is 21.2. The molecule has 5 aromatic rings. The number of amides is 2. The normalized spacial score (nSPS) is 15.2. The molecule has 0 saturated carbocycles. The molecule has 22 nitrogen and oxygen atoms in total. The number of rotatable bonds is 14. The Hall–Kier alpha value is -5.63. The summed E-state index contributed by atoms with van der Waals surface area (Å²) in [6.45, 7) is -0.412. The number of hydrogen-bond acceptors (Lipinski definition) is 18. The fourth-order valence-electron chi connectivity index (χ4n) is 6.25. The van der Waals surface area contributed by atoms with E-state index in [-0.39, 0.29) is 133 Å². The fraction of sp³-hybridized carbons (Fsp3) is 0.364. The summed E-state index contributed by atoms with van der Waals surface area (Å²) in [6, 6.07) is 8.18. The maximum absolute atomic E-state index is 13.8. The molecule has 7 rings (SSSR count). The number of halogens is 2. The van der Waals surface area contributed by atoms with Crippen LogP contribution in [0.2, 0.25) is 0 Å². The fourth-order valence-corrected chi connectivity index (χ4v) is 6.25. The first-order valence-electron chi connectivity index (χ1n) is 17.2. The van der Waals surface area contributed by atoms with Gasteiger partial charge in [0.05, 0.1) is 38.4 Å². The first kappa shape index (κ1) is 45.1. The SMILES string of the molecule is O=C(CNc1nonc1-c1noc(=O)n1[C@H]1CCc2ccc(F)cc21)NCCO.O=C(CNc1nonc1C(=N[C@H]1CCc2ccc(F)cc21)NO)NCCO.[Na+].[OH-]. The summed E-state index contributed by atoms with van der Waals surface area (Å²) in [5.74, 6) is -2.00. The summed E-state index contributed by atoms with van der Waals surface area (Å²) in [4.78, 5) is 40.1. The summed E-state index contributed by atoms with van der Waals surface area (Å²) in [6.07, 6.45) is 2.63. The van der Waals surface area contributed by atoms with Crippen LogP contribution in [0.3, 0.4) is 0 Å². The van der Waals surface area contributed by atoms with Crippen LogP contribution < -0.4 is 62.1 Å². The van der Waals surface area contributed by atoms with Crippen LogP contribution in [0.4, 0.5) is 20.4 Å². The van der Waals surface area contributed by atoms with E-state index in [1.807, 2.05) is 5.48 Å². The van der Waals surface area contributed by atoms with E-state index in [1.54, 1.807) is 12.1 Å². The Kier molecular flexibility index (Phi) is 16.5. The molecule has 304 valence electrons. The molecule has 2 aliphatic carbocycles. The Morgan fingerprint density at radius 2 is 1.41 bits per heavy atom. The van der Waals surface area contributed by atoms with Gasteiger partial charge in [0.1, 0.15) is 11.6 Å². The van der Waals surface area contributed by atoms with Crippen molar-refractivity contribution in [1.29, 1.82) is 0 Å². The number of aliphatic imine (C=N–C) groups is 1. The molecule has 2 aliphatic rings. The summed E-state index contributed by atoms with van der Waals surface area (Å²) in [5, 5.41) is 55.9. The van der Waals surface area contributed by atoms with Crippen LogP contribution in [0, 0.1) is 11.6 Å². The van der Waals surface area contributed by atoms with Gasteiger partial charge < -0.3 is 37.0 Å². The van der Waals surface area contributed by atoms with Crippen molar-refractivity contribution in [3.63, 3.8) is 0 Å². The molecule has 2 atom stereocenters. The predicted octanol–water partition coefficient (Wildman–Crippen LogP) is -2.95. The number of nitrogens with zero attached hydrogens (tertiary/aromatic N) is 7. The molecule has 25 heteroatoms. The average Bonchev–Trinajstić information content (AvgIpc) is 4.05. The molecule has 0 radical (unpaired) electrons. The second-order valence-electron chi connectivity index (χ2n) is 12.3. The predicted molar refractivity (Wildman–Crippen MR) is 189 cm³/mol. The number of benzene rings is 2. The van der Waals surface area contributed by atoms with Crippen LogP contribution in [0.5, 0.6) is 0 Å². The number of hydrogen-bond donors (Lipinski definition) is 8. The quantitative estimate of drug-likeness (QED) is 0.0240. The van der Waals surface area contributed by atoms with Crippen molar-refractivity contribution in [3.05, 3.63) is 86.5 Å². The van der Waals surface area contributed by atoms with E-state index in [0.717, 1.165) is 23.1 Å². The molecular formula is C33H37F2N12NaO10. The molecule has 0 aliphatic heterocycles. The molecule has 0 fully saturated rings. The Balaban J connectivity index is 0.000000249. The van der Waals surface area contributed by atoms with E-state index in [9.17, 15) is 28.4 Å². The molecule has 0 saturated heterocycles. The topological polar surface area (TPSA) is 323 Å². The Labute approximate surface area is 347 Å². The zero-order valence-electron chi connectivity index (χ0n) is 30.8. The third-order valence-electron chi connectivity index (χ3n) is 8.76. The van der Waals surface area contributed by atoms with E-state index in [4.69, 9.17) is 19.4 Å². The number of aliphatic hydroxyl groups is 2. The largest absolute Gasteiger partial charge is 1.00 e. The van der Waals surface area contributed by atoms with Crippen molar-refractivity contribution in [2.45, 2.75) is 37.8 Å². The summed E-state index contributed by atoms with van der Waals surface area (Å²) < 4.78 is 42.8. The van der Waals surface area contributed by atoms with Gasteiger partial charge in [0.2, 0.25) is 29.3 Å². The van der Waals surface area contributed by atoms with Gasteiger partial charge >= 0.3 is 35.3 Å². The second-order valence-corrected chi connectivity index (χ2v) is 12.3. The first-order valence-corrected chi connectivity index (χ1v) is 17.2. The molecule has 3 aromatic heterocycles. The summed E-state index contributed by atoms with van der Waals surface area (Å²) >= 11 is 0. The van der Waals surface area contributed by atoms with Gasteiger partial charge in [-0.25, -0.2) is 27.4 Å². The molecule has 2 aromatic carbocycles. The van der Waals surface area contributed by atoms with Gasteiger partial charge in [-0.05, 0) is 92.8 Å². The number of aliphatic hydroxyl groups excluding tert-OH is 2. The molecular weight excluding hydrogens is 785 g/mol. The first-order chi connectivity index (χ1) is 27.2. The van der Waals surface area contributed by atoms with Crippen molar-refractivity contribution >= 4 is 29.3 Å². The van der Waals surface area contributed by atoms with Crippen molar-refractivity contribution in [3.8, 4) is 11.5 Å². The smallest absolute Gasteiger partial charge is 0.870 e. The Morgan fingerprint density at radius 3 is 2.07 bits per heavy atom. The van der Waals surface area contributed by atoms with E-state index in [0.29, 0.717) is 24.8 Å². The third-order valence-corrected chi connectivity index (χ3v) is 8.76. The zero-order valence-corrected chi connectivity index (χ0v) is 32.8. The minimum absolute atomic E-state index is 0. The minimum atomic E-state index is -0.725. The van der Waals surface area contributed by atoms with Crippen molar-refractivity contribution in [1.82, 2.24) is 46.5 Å². The summed E-state index contributed by atoms with van der Waals surface area (Å²) in [5.41, 5.74) is 5.48. The van der Waals surface area contributed by atoms with Crippen LogP contribution in [0.1, 0.15) is 52.9 Å². The number of carbonyl (C=O) groups excluding carboxylic acids is 2. The molecule has 0 unspecified atom stereocenters. The van der Waals surface area contributed by atoms with E-state index in [1.165, 1.54) is 28.8 Å². The van der Waals surface area contributed by atoms with Gasteiger partial charge in [0.15, 0.2) is 17.2 Å². The van der Waals surface area contributed by atoms with Gasteiger partial charge in [0.25, 0.3) is 0 Å². The Morgan fingerprint density at radius 1 is 0.828 bits per heavy atom. The number of anilines is 2. The van der Waals surface area contributed by atoms with Gasteiger partial charge in [0, 0.05) is 13.1 Å². The standard InChI is InChI=1S/C17H17FN6O5.C16H19FN6O4.Na.H2O/c18-10-3-1-9-2-4-12(11(9)7-10)24-16(23-28-17(24)27)14-15(22-29-21-14)20-8-13(26)19-5-6-25;17-10-3-1-9-2-4-12(11(9)7-10)20-16(21-26)14-15(23-27-22-14)19-8-13(25)18-5-6-24;;/h1,3,7,12,25H,2,4-6,8H2,(H,19,26)(H,20,22);1,3,7,12,24,26H,2,4-6,8H2,(H,18,25)(H,19,23)(H,20,21);;1H2/q;;+1;/p-1/t2*12-;;/m00../s1. The zero-order chi connectivity index (χ0) is 39.6. The van der Waals surface area contributed by atoms with Crippen LogP contribution in [-0.2, 0) is 22.4 Å².